The van der Waals surface area contributed by atoms with Crippen LogP contribution in [0.25, 0.3) is 28.1 Å². The van der Waals surface area contributed by atoms with Crippen molar-refractivity contribution in [3.8, 4) is 28.1 Å². The van der Waals surface area contributed by atoms with Crippen LogP contribution in [-0.2, 0) is 9.47 Å². The molecule has 0 amide bonds. The van der Waals surface area contributed by atoms with Gasteiger partial charge in [0, 0.05) is 11.3 Å². The largest absolute Gasteiger partial charge is 0.465 e. The zero-order chi connectivity index (χ0) is 23.4. The average molecular weight is 439 g/mol. The van der Waals surface area contributed by atoms with E-state index in [1.54, 1.807) is 60.7 Å². The van der Waals surface area contributed by atoms with Gasteiger partial charge in [0.15, 0.2) is 0 Å². The monoisotopic (exact) mass is 439 g/mol. The minimum Gasteiger partial charge on any atom is -0.465 e. The number of carbonyl (C=O) groups excluding carboxylic acids is 2. The van der Waals surface area contributed by atoms with E-state index in [1.165, 1.54) is 18.8 Å². The van der Waals surface area contributed by atoms with Crippen LogP contribution in [0, 0.1) is 0 Å². The SMILES string of the molecule is COC(=O)c1c(-c2ccccc2)c(C(=O)OC)c(=O)n(-c2ccccc2)c1-c1ccccc1. The normalized spacial score (nSPS) is 10.5. The van der Waals surface area contributed by atoms with E-state index in [0.717, 1.165) is 0 Å². The minimum atomic E-state index is -0.840. The summed E-state index contributed by atoms with van der Waals surface area (Å²) in [5.41, 5.74) is 1.39. The van der Waals surface area contributed by atoms with E-state index in [2.05, 4.69) is 0 Å². The van der Waals surface area contributed by atoms with Crippen LogP contribution in [0.1, 0.15) is 20.7 Å². The second kappa shape index (κ2) is 9.36. The molecule has 0 aliphatic heterocycles. The maximum absolute atomic E-state index is 13.9. The predicted octanol–water partition coefficient (Wildman–Crippen LogP) is 4.74. The maximum atomic E-state index is 13.9. The molecule has 0 saturated carbocycles. The summed E-state index contributed by atoms with van der Waals surface area (Å²) in [6.07, 6.45) is 0. The molecule has 0 saturated heterocycles. The lowest BCUT2D eigenvalue weighted by Crippen LogP contribution is -2.31. The molecule has 0 aliphatic rings. The van der Waals surface area contributed by atoms with Crippen molar-refractivity contribution in [1.82, 2.24) is 4.57 Å². The van der Waals surface area contributed by atoms with Crippen molar-refractivity contribution in [3.05, 3.63) is 112 Å². The number of pyridine rings is 1. The highest BCUT2D eigenvalue weighted by Crippen LogP contribution is 2.36. The van der Waals surface area contributed by atoms with Gasteiger partial charge in [-0.2, -0.15) is 0 Å². The van der Waals surface area contributed by atoms with Crippen molar-refractivity contribution in [2.45, 2.75) is 0 Å². The molecule has 164 valence electrons. The molecule has 4 aromatic rings. The highest BCUT2D eigenvalue weighted by atomic mass is 16.5. The quantitative estimate of drug-likeness (QED) is 0.420. The van der Waals surface area contributed by atoms with Crippen molar-refractivity contribution >= 4 is 11.9 Å². The second-order valence-electron chi connectivity index (χ2n) is 7.16. The van der Waals surface area contributed by atoms with Gasteiger partial charge in [-0.05, 0) is 23.3 Å². The van der Waals surface area contributed by atoms with Crippen LogP contribution < -0.4 is 5.56 Å². The van der Waals surface area contributed by atoms with Gasteiger partial charge >= 0.3 is 11.9 Å². The predicted molar refractivity (Wildman–Crippen MR) is 126 cm³/mol. The molecule has 4 rings (SSSR count). The number of benzene rings is 3. The third-order valence-electron chi connectivity index (χ3n) is 5.28. The first-order valence-corrected chi connectivity index (χ1v) is 10.2. The number of aromatic nitrogens is 1. The zero-order valence-electron chi connectivity index (χ0n) is 18.1. The van der Waals surface area contributed by atoms with Gasteiger partial charge in [0.05, 0.1) is 25.5 Å². The molecule has 1 heterocycles. The Morgan fingerprint density at radius 3 is 1.61 bits per heavy atom. The van der Waals surface area contributed by atoms with E-state index in [9.17, 15) is 14.4 Å². The van der Waals surface area contributed by atoms with Crippen molar-refractivity contribution in [1.29, 1.82) is 0 Å². The topological polar surface area (TPSA) is 74.6 Å². The van der Waals surface area contributed by atoms with E-state index in [1.807, 2.05) is 30.3 Å². The van der Waals surface area contributed by atoms with Gasteiger partial charge in [0.25, 0.3) is 5.56 Å². The van der Waals surface area contributed by atoms with Gasteiger partial charge < -0.3 is 9.47 Å². The summed E-state index contributed by atoms with van der Waals surface area (Å²) in [5.74, 6) is -1.52. The van der Waals surface area contributed by atoms with E-state index in [4.69, 9.17) is 9.47 Å². The highest BCUT2D eigenvalue weighted by Gasteiger charge is 2.32. The molecule has 0 atom stereocenters. The number of hydrogen-bond acceptors (Lipinski definition) is 5. The number of para-hydroxylation sites is 1. The van der Waals surface area contributed by atoms with Crippen LogP contribution in [0.2, 0.25) is 0 Å². The van der Waals surface area contributed by atoms with E-state index >= 15 is 0 Å². The van der Waals surface area contributed by atoms with Crippen molar-refractivity contribution in [2.75, 3.05) is 14.2 Å². The lowest BCUT2D eigenvalue weighted by Gasteiger charge is -2.22. The third-order valence-corrected chi connectivity index (χ3v) is 5.28. The first-order valence-electron chi connectivity index (χ1n) is 10.2. The standard InChI is InChI=1S/C27H21NO5/c1-32-26(30)22-21(18-12-6-3-7-13-18)23(27(31)33-2)25(29)28(20-16-10-5-11-17-20)24(22)19-14-8-4-9-15-19/h3-17H,1-2H3. The molecule has 0 aliphatic carbocycles. The number of hydrogen-bond donors (Lipinski definition) is 0. The molecule has 0 N–H and O–H groups in total. The Kier molecular flexibility index (Phi) is 6.17. The Labute approximate surface area is 190 Å². The molecule has 0 bridgehead atoms. The zero-order valence-corrected chi connectivity index (χ0v) is 18.1. The van der Waals surface area contributed by atoms with Crippen LogP contribution in [-0.4, -0.2) is 30.7 Å². The van der Waals surface area contributed by atoms with Crippen LogP contribution >= 0.6 is 0 Å². The van der Waals surface area contributed by atoms with E-state index in [-0.39, 0.29) is 16.7 Å². The number of nitrogens with zero attached hydrogens (tertiary/aromatic N) is 1. The lowest BCUT2D eigenvalue weighted by atomic mass is 9.91. The second-order valence-corrected chi connectivity index (χ2v) is 7.16. The smallest absolute Gasteiger partial charge is 0.344 e. The van der Waals surface area contributed by atoms with Gasteiger partial charge in [0.2, 0.25) is 0 Å². The summed E-state index contributed by atoms with van der Waals surface area (Å²) in [6, 6.07) is 26.7. The Morgan fingerprint density at radius 1 is 0.636 bits per heavy atom. The summed E-state index contributed by atoms with van der Waals surface area (Å²) >= 11 is 0. The molecule has 0 unspecified atom stereocenters. The molecule has 6 nitrogen and oxygen atoms in total. The van der Waals surface area contributed by atoms with E-state index in [0.29, 0.717) is 22.5 Å². The first kappa shape index (κ1) is 21.8. The fraction of sp³-hybridized carbons (Fsp3) is 0.0741. The number of esters is 2. The molecule has 0 spiro atoms. The summed E-state index contributed by atoms with van der Waals surface area (Å²) in [5, 5.41) is 0. The summed E-state index contributed by atoms with van der Waals surface area (Å²) in [6.45, 7) is 0. The number of rotatable bonds is 5. The minimum absolute atomic E-state index is 0.0961. The molecular weight excluding hydrogens is 418 g/mol. The van der Waals surface area contributed by atoms with Crippen molar-refractivity contribution < 1.29 is 19.1 Å². The number of ether oxygens (including phenoxy) is 2. The molecule has 3 aromatic carbocycles. The van der Waals surface area contributed by atoms with Crippen molar-refractivity contribution in [3.63, 3.8) is 0 Å². The van der Waals surface area contributed by atoms with Crippen LogP contribution in [0.5, 0.6) is 0 Å². The molecular formula is C27H21NO5. The lowest BCUT2D eigenvalue weighted by molar-refractivity contribution is 0.0598. The maximum Gasteiger partial charge on any atom is 0.344 e. The Hall–Kier alpha value is -4.45. The van der Waals surface area contributed by atoms with Crippen molar-refractivity contribution in [2.24, 2.45) is 0 Å². The Bertz CT molecular complexity index is 1360. The van der Waals surface area contributed by atoms with Crippen LogP contribution in [0.4, 0.5) is 0 Å². The molecule has 0 fully saturated rings. The van der Waals surface area contributed by atoms with Gasteiger partial charge in [-0.15, -0.1) is 0 Å². The van der Waals surface area contributed by atoms with Gasteiger partial charge in [-0.1, -0.05) is 78.9 Å². The van der Waals surface area contributed by atoms with Crippen LogP contribution in [0.15, 0.2) is 95.8 Å². The molecule has 33 heavy (non-hydrogen) atoms. The molecule has 1 aromatic heterocycles. The third kappa shape index (κ3) is 3.94. The number of carbonyl (C=O) groups is 2. The fourth-order valence-corrected chi connectivity index (χ4v) is 3.85. The average Bonchev–Trinajstić information content (AvgIpc) is 2.88. The van der Waals surface area contributed by atoms with Crippen LogP contribution in [0.3, 0.4) is 0 Å². The van der Waals surface area contributed by atoms with Gasteiger partial charge in [0.1, 0.15) is 5.56 Å². The molecule has 6 heteroatoms. The fourth-order valence-electron chi connectivity index (χ4n) is 3.85. The van der Waals surface area contributed by atoms with E-state index < -0.39 is 17.5 Å². The van der Waals surface area contributed by atoms with Gasteiger partial charge in [-0.3, -0.25) is 9.36 Å². The summed E-state index contributed by atoms with van der Waals surface area (Å²) in [4.78, 5) is 40.1. The summed E-state index contributed by atoms with van der Waals surface area (Å²) < 4.78 is 11.5. The van der Waals surface area contributed by atoms with Gasteiger partial charge in [-0.25, -0.2) is 9.59 Å². The first-order chi connectivity index (χ1) is 16.1. The number of methoxy groups -OCH3 is 2. The Morgan fingerprint density at radius 2 is 1.09 bits per heavy atom. The summed E-state index contributed by atoms with van der Waals surface area (Å²) in [7, 11) is 2.47. The highest BCUT2D eigenvalue weighted by molar-refractivity contribution is 6.09. The molecule has 0 radical (unpaired) electrons. The Balaban J connectivity index is 2.30.